The molecular weight excluding hydrogens is 254 g/mol. The number of nitrogens with zero attached hydrogens (tertiary/aromatic N) is 2. The summed E-state index contributed by atoms with van der Waals surface area (Å²) >= 11 is 0. The molecule has 1 saturated heterocycles. The second-order valence-electron chi connectivity index (χ2n) is 4.37. The van der Waals surface area contributed by atoms with Gasteiger partial charge in [-0.05, 0) is 6.92 Å². The van der Waals surface area contributed by atoms with Gasteiger partial charge in [0.1, 0.15) is 12.6 Å². The lowest BCUT2D eigenvalue weighted by atomic mass is 10.2. The van der Waals surface area contributed by atoms with Gasteiger partial charge in [0.2, 0.25) is 5.91 Å². The highest BCUT2D eigenvalue weighted by molar-refractivity contribution is 5.87. The number of likely N-dealkylation sites (N-methyl/N-ethyl adjacent to an activating group) is 2. The summed E-state index contributed by atoms with van der Waals surface area (Å²) in [5.41, 5.74) is 0. The van der Waals surface area contributed by atoms with E-state index in [0.717, 1.165) is 4.90 Å². The molecule has 0 aromatic carbocycles. The zero-order valence-corrected chi connectivity index (χ0v) is 11.0. The van der Waals surface area contributed by atoms with Crippen molar-refractivity contribution in [2.24, 2.45) is 0 Å². The van der Waals surface area contributed by atoms with E-state index in [9.17, 15) is 19.5 Å². The van der Waals surface area contributed by atoms with Gasteiger partial charge in [-0.15, -0.1) is 0 Å². The maximum atomic E-state index is 12.2. The standard InChI is InChI=1S/C11H19N3O5/c1-3-13(6-9(16)12-2)11(19)14-5-7(15)4-8(14)10(17)18/h7-8,15H,3-6H2,1-2H3,(H,12,16)(H,17,18)/t7-,8-/m0/s1. The first kappa shape index (κ1) is 15.2. The highest BCUT2D eigenvalue weighted by Gasteiger charge is 2.40. The number of aliphatic carboxylic acids is 1. The lowest BCUT2D eigenvalue weighted by Crippen LogP contribution is -2.50. The zero-order chi connectivity index (χ0) is 14.6. The molecule has 0 radical (unpaired) electrons. The van der Waals surface area contributed by atoms with Crippen LogP contribution in [0.2, 0.25) is 0 Å². The third-order valence-electron chi connectivity index (χ3n) is 3.08. The van der Waals surface area contributed by atoms with E-state index in [1.807, 2.05) is 0 Å². The largest absolute Gasteiger partial charge is 0.480 e. The van der Waals surface area contributed by atoms with Crippen LogP contribution in [-0.4, -0.2) is 76.7 Å². The number of aliphatic hydroxyl groups is 1. The number of urea groups is 1. The molecule has 8 nitrogen and oxygen atoms in total. The van der Waals surface area contributed by atoms with E-state index < -0.39 is 24.1 Å². The lowest BCUT2D eigenvalue weighted by molar-refractivity contribution is -0.141. The first-order chi connectivity index (χ1) is 8.90. The monoisotopic (exact) mass is 273 g/mol. The Hall–Kier alpha value is -1.83. The van der Waals surface area contributed by atoms with Crippen LogP contribution >= 0.6 is 0 Å². The molecule has 19 heavy (non-hydrogen) atoms. The molecule has 0 aromatic rings. The molecule has 1 heterocycles. The molecule has 2 atom stereocenters. The number of carboxylic acid groups (broad SMARTS) is 1. The minimum absolute atomic E-state index is 0.0125. The number of carbonyl (C=O) groups excluding carboxylic acids is 2. The van der Waals surface area contributed by atoms with E-state index >= 15 is 0 Å². The number of hydrogen-bond acceptors (Lipinski definition) is 4. The molecule has 0 bridgehead atoms. The van der Waals surface area contributed by atoms with E-state index in [2.05, 4.69) is 5.32 Å². The van der Waals surface area contributed by atoms with Crippen LogP contribution in [0.15, 0.2) is 0 Å². The van der Waals surface area contributed by atoms with Gasteiger partial charge in [0.25, 0.3) is 0 Å². The van der Waals surface area contributed by atoms with Crippen LogP contribution in [0, 0.1) is 0 Å². The van der Waals surface area contributed by atoms with Crippen LogP contribution in [0.3, 0.4) is 0 Å². The molecule has 0 aliphatic carbocycles. The topological polar surface area (TPSA) is 110 Å². The highest BCUT2D eigenvalue weighted by Crippen LogP contribution is 2.19. The fraction of sp³-hybridized carbons (Fsp3) is 0.727. The molecule has 1 aliphatic rings. The molecule has 0 saturated carbocycles. The summed E-state index contributed by atoms with van der Waals surface area (Å²) in [6.45, 7) is 1.82. The Bertz CT molecular complexity index is 373. The maximum absolute atomic E-state index is 12.2. The average Bonchev–Trinajstić information content (AvgIpc) is 2.77. The molecule has 1 aliphatic heterocycles. The number of carboxylic acids is 1. The molecule has 8 heteroatoms. The molecule has 108 valence electrons. The van der Waals surface area contributed by atoms with Crippen molar-refractivity contribution in [2.45, 2.75) is 25.5 Å². The number of β-amino-alcohol motifs (C(OH)–C–C–N with tert-alkyl or cyclic N) is 1. The van der Waals surface area contributed by atoms with Gasteiger partial charge in [-0.3, -0.25) is 4.79 Å². The quantitative estimate of drug-likeness (QED) is 0.589. The summed E-state index contributed by atoms with van der Waals surface area (Å²) in [7, 11) is 1.46. The SMILES string of the molecule is CCN(CC(=O)NC)C(=O)N1C[C@@H](O)C[C@H]1C(=O)O. The Labute approximate surface area is 111 Å². The lowest BCUT2D eigenvalue weighted by Gasteiger charge is -2.28. The minimum atomic E-state index is -1.15. The second-order valence-corrected chi connectivity index (χ2v) is 4.37. The van der Waals surface area contributed by atoms with Crippen molar-refractivity contribution in [1.29, 1.82) is 0 Å². The van der Waals surface area contributed by atoms with E-state index in [0.29, 0.717) is 0 Å². The normalized spacial score (nSPS) is 22.2. The highest BCUT2D eigenvalue weighted by atomic mass is 16.4. The first-order valence-corrected chi connectivity index (χ1v) is 6.07. The van der Waals surface area contributed by atoms with E-state index in [-0.39, 0.29) is 32.0 Å². The molecule has 3 amide bonds. The fourth-order valence-corrected chi connectivity index (χ4v) is 2.01. The molecular formula is C11H19N3O5. The van der Waals surface area contributed by atoms with Gasteiger partial charge in [0.05, 0.1) is 6.10 Å². The third kappa shape index (κ3) is 3.57. The van der Waals surface area contributed by atoms with Gasteiger partial charge in [0, 0.05) is 26.6 Å². The predicted octanol–water partition coefficient (Wildman–Crippen LogP) is -1.31. The summed E-state index contributed by atoms with van der Waals surface area (Å²) in [4.78, 5) is 36.9. The average molecular weight is 273 g/mol. The molecule has 0 unspecified atom stereocenters. The smallest absolute Gasteiger partial charge is 0.326 e. The Morgan fingerprint density at radius 3 is 2.53 bits per heavy atom. The van der Waals surface area contributed by atoms with Crippen LogP contribution in [0.25, 0.3) is 0 Å². The van der Waals surface area contributed by atoms with Crippen molar-refractivity contribution in [3.05, 3.63) is 0 Å². The first-order valence-electron chi connectivity index (χ1n) is 6.07. The van der Waals surface area contributed by atoms with Gasteiger partial charge < -0.3 is 25.3 Å². The van der Waals surface area contributed by atoms with Crippen LogP contribution < -0.4 is 5.32 Å². The van der Waals surface area contributed by atoms with Crippen molar-refractivity contribution in [3.8, 4) is 0 Å². The van der Waals surface area contributed by atoms with Gasteiger partial charge >= 0.3 is 12.0 Å². The number of rotatable bonds is 4. The molecule has 0 spiro atoms. The number of carbonyl (C=O) groups is 3. The Balaban J connectivity index is 2.78. The number of aliphatic hydroxyl groups excluding tert-OH is 1. The van der Waals surface area contributed by atoms with Crippen molar-refractivity contribution < 1.29 is 24.6 Å². The molecule has 1 rings (SSSR count). The van der Waals surface area contributed by atoms with Gasteiger partial charge in [0.15, 0.2) is 0 Å². The third-order valence-corrected chi connectivity index (χ3v) is 3.08. The van der Waals surface area contributed by atoms with Crippen molar-refractivity contribution in [1.82, 2.24) is 15.1 Å². The van der Waals surface area contributed by atoms with Crippen molar-refractivity contribution in [3.63, 3.8) is 0 Å². The second kappa shape index (κ2) is 6.37. The number of amides is 3. The summed E-state index contributed by atoms with van der Waals surface area (Å²) in [5.74, 6) is -1.48. The maximum Gasteiger partial charge on any atom is 0.326 e. The summed E-state index contributed by atoms with van der Waals surface area (Å²) in [5, 5.41) is 20.9. The number of hydrogen-bond donors (Lipinski definition) is 3. The van der Waals surface area contributed by atoms with E-state index in [1.54, 1.807) is 6.92 Å². The van der Waals surface area contributed by atoms with Gasteiger partial charge in [-0.2, -0.15) is 0 Å². The van der Waals surface area contributed by atoms with Crippen molar-refractivity contribution >= 4 is 17.9 Å². The van der Waals surface area contributed by atoms with Crippen LogP contribution in [0.1, 0.15) is 13.3 Å². The van der Waals surface area contributed by atoms with Gasteiger partial charge in [-0.1, -0.05) is 0 Å². The zero-order valence-electron chi connectivity index (χ0n) is 11.0. The predicted molar refractivity (Wildman–Crippen MR) is 65.5 cm³/mol. The molecule has 3 N–H and O–H groups in total. The Morgan fingerprint density at radius 1 is 1.42 bits per heavy atom. The van der Waals surface area contributed by atoms with Crippen molar-refractivity contribution in [2.75, 3.05) is 26.7 Å². The minimum Gasteiger partial charge on any atom is -0.480 e. The summed E-state index contributed by atoms with van der Waals surface area (Å²) in [6.07, 6.45) is -0.831. The fourth-order valence-electron chi connectivity index (χ4n) is 2.01. The number of likely N-dealkylation sites (tertiary alicyclic amines) is 1. The van der Waals surface area contributed by atoms with E-state index in [1.165, 1.54) is 11.9 Å². The van der Waals surface area contributed by atoms with E-state index in [4.69, 9.17) is 5.11 Å². The molecule has 0 aromatic heterocycles. The number of nitrogens with one attached hydrogen (secondary N) is 1. The summed E-state index contributed by atoms with van der Waals surface area (Å²) in [6, 6.07) is -1.59. The van der Waals surface area contributed by atoms with Gasteiger partial charge in [-0.25, -0.2) is 9.59 Å². The Kier molecular flexibility index (Phi) is 5.11. The molecule has 1 fully saturated rings. The van der Waals surface area contributed by atoms with Crippen LogP contribution in [-0.2, 0) is 9.59 Å². The Morgan fingerprint density at radius 2 is 2.05 bits per heavy atom. The van der Waals surface area contributed by atoms with Crippen LogP contribution in [0.4, 0.5) is 4.79 Å². The van der Waals surface area contributed by atoms with Crippen LogP contribution in [0.5, 0.6) is 0 Å². The summed E-state index contributed by atoms with van der Waals surface area (Å²) < 4.78 is 0.